The van der Waals surface area contributed by atoms with Crippen LogP contribution in [-0.2, 0) is 26.2 Å². The molecule has 0 aromatic carbocycles. The number of fused-ring (bicyclic) bond motifs is 1. The fourth-order valence-corrected chi connectivity index (χ4v) is 4.47. The van der Waals surface area contributed by atoms with Gasteiger partial charge in [-0.05, 0) is 37.4 Å². The molecule has 4 rings (SSSR count). The molecule has 126 valence electrons. The average Bonchev–Trinajstić information content (AvgIpc) is 3.26. The Balaban J connectivity index is 1.57. The van der Waals surface area contributed by atoms with Gasteiger partial charge in [0.25, 0.3) is 0 Å². The molecule has 1 aliphatic rings. The second kappa shape index (κ2) is 6.57. The van der Waals surface area contributed by atoms with Gasteiger partial charge in [-0.15, -0.1) is 11.3 Å². The largest absolute Gasteiger partial charge is 0.349 e. The first-order valence-corrected chi connectivity index (χ1v) is 9.44. The van der Waals surface area contributed by atoms with E-state index in [1.165, 1.54) is 22.1 Å². The van der Waals surface area contributed by atoms with E-state index in [1.807, 2.05) is 17.5 Å². The highest BCUT2D eigenvalue weighted by molar-refractivity contribution is 7.09. The lowest BCUT2D eigenvalue weighted by molar-refractivity contribution is 0.209. The van der Waals surface area contributed by atoms with E-state index in [2.05, 4.69) is 68.7 Å². The van der Waals surface area contributed by atoms with Crippen molar-refractivity contribution in [2.75, 3.05) is 6.54 Å². The minimum atomic E-state index is 0.588. The van der Waals surface area contributed by atoms with Crippen LogP contribution in [-0.4, -0.2) is 25.6 Å². The topological polar surface area (TPSA) is 26.0 Å². The predicted octanol–water partition coefficient (Wildman–Crippen LogP) is 3.70. The zero-order valence-corrected chi connectivity index (χ0v) is 15.2. The van der Waals surface area contributed by atoms with E-state index in [0.29, 0.717) is 5.92 Å². The van der Waals surface area contributed by atoms with Crippen LogP contribution < -0.4 is 0 Å². The second-order valence-electron chi connectivity index (χ2n) is 6.84. The normalized spacial score (nSPS) is 18.5. The van der Waals surface area contributed by atoms with Gasteiger partial charge in [-0.2, -0.15) is 0 Å². The van der Waals surface area contributed by atoms with E-state index >= 15 is 0 Å². The van der Waals surface area contributed by atoms with Crippen LogP contribution in [0.1, 0.15) is 22.1 Å². The maximum atomic E-state index is 4.58. The number of hydrogen-bond acceptors (Lipinski definition) is 3. The maximum absolute atomic E-state index is 4.58. The van der Waals surface area contributed by atoms with Gasteiger partial charge >= 0.3 is 0 Å². The van der Waals surface area contributed by atoms with Crippen LogP contribution in [0.5, 0.6) is 0 Å². The van der Waals surface area contributed by atoms with Crippen LogP contribution in [0.4, 0.5) is 0 Å². The van der Waals surface area contributed by atoms with Crippen molar-refractivity contribution in [3.8, 4) is 0 Å². The van der Waals surface area contributed by atoms with Gasteiger partial charge < -0.3 is 9.13 Å². The number of hydrogen-bond donors (Lipinski definition) is 0. The van der Waals surface area contributed by atoms with Crippen LogP contribution in [0.2, 0.25) is 0 Å². The van der Waals surface area contributed by atoms with Gasteiger partial charge in [-0.3, -0.25) is 4.90 Å². The summed E-state index contributed by atoms with van der Waals surface area (Å²) in [4.78, 5) is 8.57. The summed E-state index contributed by atoms with van der Waals surface area (Å²) in [6.07, 6.45) is 4.07. The Morgan fingerprint density at radius 1 is 1.17 bits per heavy atom. The fraction of sp³-hybridized carbons (Fsp3) is 0.421. The summed E-state index contributed by atoms with van der Waals surface area (Å²) < 4.78 is 4.79. The molecule has 1 atom stereocenters. The first-order valence-electron chi connectivity index (χ1n) is 8.56. The molecule has 4 nitrogen and oxygen atoms in total. The van der Waals surface area contributed by atoms with E-state index in [-0.39, 0.29) is 0 Å². The first-order chi connectivity index (χ1) is 11.7. The third-order valence-electron chi connectivity index (χ3n) is 4.96. The molecule has 0 aliphatic carbocycles. The molecule has 0 spiro atoms. The number of thiophene rings is 1. The van der Waals surface area contributed by atoms with Gasteiger partial charge in [0.1, 0.15) is 5.82 Å². The number of aryl methyl sites for hydroxylation is 2. The smallest absolute Gasteiger partial charge is 0.122 e. The summed E-state index contributed by atoms with van der Waals surface area (Å²) in [5.41, 5.74) is 2.71. The molecule has 3 aromatic heterocycles. The molecule has 0 saturated heterocycles. The average molecular weight is 340 g/mol. The van der Waals surface area contributed by atoms with E-state index < -0.39 is 0 Å². The molecule has 0 N–H and O–H groups in total. The minimum Gasteiger partial charge on any atom is -0.349 e. The van der Waals surface area contributed by atoms with Crippen molar-refractivity contribution >= 4 is 11.3 Å². The Hall–Kier alpha value is -1.85. The van der Waals surface area contributed by atoms with Gasteiger partial charge in [0, 0.05) is 60.8 Å². The molecule has 4 heterocycles. The lowest BCUT2D eigenvalue weighted by Crippen LogP contribution is -2.30. The summed E-state index contributed by atoms with van der Waals surface area (Å²) in [5, 5.41) is 2.16. The zero-order valence-electron chi connectivity index (χ0n) is 14.4. The van der Waals surface area contributed by atoms with Gasteiger partial charge in [0.15, 0.2) is 0 Å². The Labute approximate surface area is 147 Å². The third-order valence-corrected chi connectivity index (χ3v) is 5.82. The number of aromatic nitrogens is 3. The Morgan fingerprint density at radius 2 is 2.00 bits per heavy atom. The number of imidazole rings is 1. The quantitative estimate of drug-likeness (QED) is 0.724. The van der Waals surface area contributed by atoms with Crippen LogP contribution in [0, 0.1) is 19.8 Å². The second-order valence-corrected chi connectivity index (χ2v) is 7.87. The van der Waals surface area contributed by atoms with Crippen molar-refractivity contribution in [2.45, 2.75) is 40.0 Å². The molecule has 3 aromatic rings. The van der Waals surface area contributed by atoms with Gasteiger partial charge in [-0.1, -0.05) is 6.07 Å². The molecule has 0 saturated carbocycles. The molecular formula is C19H24N4S. The maximum Gasteiger partial charge on any atom is 0.122 e. The number of nitrogens with zero attached hydrogens (tertiary/aromatic N) is 4. The molecule has 0 amide bonds. The first kappa shape index (κ1) is 15.7. The van der Waals surface area contributed by atoms with Crippen LogP contribution >= 0.6 is 11.3 Å². The summed E-state index contributed by atoms with van der Waals surface area (Å²) >= 11 is 1.84. The summed E-state index contributed by atoms with van der Waals surface area (Å²) in [6.45, 7) is 9.59. The number of rotatable bonds is 4. The molecule has 0 radical (unpaired) electrons. The van der Waals surface area contributed by atoms with E-state index in [1.54, 1.807) is 0 Å². The molecular weight excluding hydrogens is 316 g/mol. The standard InChI is InChI=1S/C19H24N4S/c1-15-5-6-16(2)23(15)12-17-10-21(13-18-4-3-9-24-18)14-19-20-7-8-22(19)11-17/h3-9,17H,10-14H2,1-2H3. The van der Waals surface area contributed by atoms with Crippen molar-refractivity contribution < 1.29 is 0 Å². The lowest BCUT2D eigenvalue weighted by Gasteiger charge is -2.24. The summed E-state index contributed by atoms with van der Waals surface area (Å²) in [5.74, 6) is 1.78. The van der Waals surface area contributed by atoms with Crippen molar-refractivity contribution in [1.29, 1.82) is 0 Å². The summed E-state index contributed by atoms with van der Waals surface area (Å²) in [7, 11) is 0. The molecule has 1 aliphatic heterocycles. The predicted molar refractivity (Wildman–Crippen MR) is 98.1 cm³/mol. The Kier molecular flexibility index (Phi) is 4.29. The molecule has 0 fully saturated rings. The third kappa shape index (κ3) is 3.19. The highest BCUT2D eigenvalue weighted by Gasteiger charge is 2.23. The van der Waals surface area contributed by atoms with Gasteiger partial charge in [0.2, 0.25) is 0 Å². The van der Waals surface area contributed by atoms with Crippen LogP contribution in [0.25, 0.3) is 0 Å². The van der Waals surface area contributed by atoms with Gasteiger partial charge in [0.05, 0.1) is 6.54 Å². The van der Waals surface area contributed by atoms with Crippen molar-refractivity contribution in [2.24, 2.45) is 5.92 Å². The minimum absolute atomic E-state index is 0.588. The lowest BCUT2D eigenvalue weighted by atomic mass is 10.1. The zero-order chi connectivity index (χ0) is 16.5. The van der Waals surface area contributed by atoms with E-state index in [4.69, 9.17) is 0 Å². The van der Waals surface area contributed by atoms with Crippen molar-refractivity contribution in [1.82, 2.24) is 19.0 Å². The molecule has 24 heavy (non-hydrogen) atoms. The fourth-order valence-electron chi connectivity index (χ4n) is 3.73. The van der Waals surface area contributed by atoms with E-state index in [9.17, 15) is 0 Å². The van der Waals surface area contributed by atoms with E-state index in [0.717, 1.165) is 32.7 Å². The van der Waals surface area contributed by atoms with Crippen LogP contribution in [0.3, 0.4) is 0 Å². The van der Waals surface area contributed by atoms with Gasteiger partial charge in [-0.25, -0.2) is 4.98 Å². The molecule has 1 unspecified atom stereocenters. The van der Waals surface area contributed by atoms with Crippen molar-refractivity contribution in [3.63, 3.8) is 0 Å². The summed E-state index contributed by atoms with van der Waals surface area (Å²) in [6, 6.07) is 8.82. The van der Waals surface area contributed by atoms with Crippen LogP contribution in [0.15, 0.2) is 42.0 Å². The molecule has 0 bridgehead atoms. The monoisotopic (exact) mass is 340 g/mol. The highest BCUT2D eigenvalue weighted by atomic mass is 32.1. The SMILES string of the molecule is Cc1ccc(C)n1CC1CN(Cc2cccs2)Cc2nccn2C1. The molecule has 5 heteroatoms. The van der Waals surface area contributed by atoms with Crippen molar-refractivity contribution in [3.05, 3.63) is 64.1 Å². The Bertz CT molecular complexity index is 780. The Morgan fingerprint density at radius 3 is 2.75 bits per heavy atom. The highest BCUT2D eigenvalue weighted by Crippen LogP contribution is 2.22.